The van der Waals surface area contributed by atoms with Crippen molar-refractivity contribution in [1.82, 2.24) is 9.88 Å². The summed E-state index contributed by atoms with van der Waals surface area (Å²) in [4.78, 5) is 20.6. The summed E-state index contributed by atoms with van der Waals surface area (Å²) in [6, 6.07) is 1.95. The number of nitrogens with zero attached hydrogens (tertiary/aromatic N) is 3. The minimum atomic E-state index is 0.297. The van der Waals surface area contributed by atoms with Gasteiger partial charge in [0, 0.05) is 44.5 Å². The van der Waals surface area contributed by atoms with E-state index >= 15 is 0 Å². The normalized spacial score (nSPS) is 20.4. The Morgan fingerprint density at radius 1 is 1.20 bits per heavy atom. The average Bonchev–Trinajstić information content (AvgIpc) is 2.63. The Hall–Kier alpha value is -1.29. The van der Waals surface area contributed by atoms with Gasteiger partial charge in [-0.05, 0) is 25.3 Å². The monoisotopic (exact) mass is 293 g/mol. The summed E-state index contributed by atoms with van der Waals surface area (Å²) in [5.41, 5.74) is 1.03. The van der Waals surface area contributed by atoms with Crippen molar-refractivity contribution in [1.29, 1.82) is 0 Å². The molecule has 1 aromatic heterocycles. The van der Waals surface area contributed by atoms with Gasteiger partial charge in [0.2, 0.25) is 5.91 Å². The Kier molecular flexibility index (Phi) is 4.10. The van der Waals surface area contributed by atoms with Gasteiger partial charge in [-0.3, -0.25) is 9.78 Å². The van der Waals surface area contributed by atoms with Crippen molar-refractivity contribution in [3.05, 3.63) is 23.5 Å². The molecule has 108 valence electrons. The smallest absolute Gasteiger partial charge is 0.225 e. The molecule has 1 amide bonds. The summed E-state index contributed by atoms with van der Waals surface area (Å²) in [6.45, 7) is 3.46. The Labute approximate surface area is 124 Å². The molecule has 2 aliphatic rings. The second-order valence-electron chi connectivity index (χ2n) is 5.62. The van der Waals surface area contributed by atoms with Crippen molar-refractivity contribution >= 4 is 23.2 Å². The molecule has 2 heterocycles. The molecule has 4 nitrogen and oxygen atoms in total. The van der Waals surface area contributed by atoms with Crippen molar-refractivity contribution in [2.45, 2.75) is 25.7 Å². The van der Waals surface area contributed by atoms with Gasteiger partial charge in [0.1, 0.15) is 0 Å². The number of amides is 1. The van der Waals surface area contributed by atoms with Gasteiger partial charge in [0.05, 0.1) is 10.7 Å². The van der Waals surface area contributed by atoms with Gasteiger partial charge in [0.25, 0.3) is 0 Å². The Bertz CT molecular complexity index is 490. The third-order valence-electron chi connectivity index (χ3n) is 4.35. The first-order valence-corrected chi connectivity index (χ1v) is 7.77. The first-order valence-electron chi connectivity index (χ1n) is 7.39. The van der Waals surface area contributed by atoms with Crippen LogP contribution in [0.1, 0.15) is 25.7 Å². The van der Waals surface area contributed by atoms with E-state index in [9.17, 15) is 4.79 Å². The number of rotatable bonds is 2. The average molecular weight is 294 g/mol. The fourth-order valence-electron chi connectivity index (χ4n) is 2.92. The zero-order valence-corrected chi connectivity index (χ0v) is 12.4. The number of carbonyl (C=O) groups excluding carboxylic acids is 1. The van der Waals surface area contributed by atoms with E-state index in [4.69, 9.17) is 11.6 Å². The standard InChI is InChI=1S/C15H20ClN3O/c16-13-11-17-6-5-14(13)18-7-2-8-19(10-9-18)15(20)12-3-1-4-12/h5-6,11-12H,1-4,7-10H2. The highest BCUT2D eigenvalue weighted by atomic mass is 35.5. The number of hydrogen-bond acceptors (Lipinski definition) is 3. The molecule has 1 aliphatic carbocycles. The zero-order valence-electron chi connectivity index (χ0n) is 11.6. The van der Waals surface area contributed by atoms with Crippen LogP contribution >= 0.6 is 11.6 Å². The molecule has 0 bridgehead atoms. The van der Waals surface area contributed by atoms with Crippen LogP contribution in [0.2, 0.25) is 5.02 Å². The van der Waals surface area contributed by atoms with Crippen molar-refractivity contribution < 1.29 is 4.79 Å². The van der Waals surface area contributed by atoms with Crippen LogP contribution in [0, 0.1) is 5.92 Å². The van der Waals surface area contributed by atoms with E-state index in [1.54, 1.807) is 12.4 Å². The highest BCUT2D eigenvalue weighted by Gasteiger charge is 2.30. The first kappa shape index (κ1) is 13.7. The Morgan fingerprint density at radius 3 is 2.75 bits per heavy atom. The van der Waals surface area contributed by atoms with Crippen LogP contribution in [0.4, 0.5) is 5.69 Å². The van der Waals surface area contributed by atoms with Crippen molar-refractivity contribution in [3.8, 4) is 0 Å². The molecule has 20 heavy (non-hydrogen) atoms. The predicted molar refractivity (Wildman–Crippen MR) is 80.0 cm³/mol. The van der Waals surface area contributed by atoms with E-state index in [0.717, 1.165) is 51.1 Å². The van der Waals surface area contributed by atoms with E-state index in [2.05, 4.69) is 9.88 Å². The molecule has 1 saturated carbocycles. The minimum Gasteiger partial charge on any atom is -0.368 e. The van der Waals surface area contributed by atoms with Crippen molar-refractivity contribution in [3.63, 3.8) is 0 Å². The number of anilines is 1. The third kappa shape index (κ3) is 2.75. The Balaban J connectivity index is 1.64. The van der Waals surface area contributed by atoms with Gasteiger partial charge in [-0.2, -0.15) is 0 Å². The van der Waals surface area contributed by atoms with Crippen molar-refractivity contribution in [2.24, 2.45) is 5.92 Å². The van der Waals surface area contributed by atoms with Crippen LogP contribution in [0.5, 0.6) is 0 Å². The molecule has 0 unspecified atom stereocenters. The highest BCUT2D eigenvalue weighted by Crippen LogP contribution is 2.29. The van der Waals surface area contributed by atoms with Gasteiger partial charge in [-0.1, -0.05) is 18.0 Å². The van der Waals surface area contributed by atoms with E-state index in [-0.39, 0.29) is 0 Å². The summed E-state index contributed by atoms with van der Waals surface area (Å²) in [5, 5.41) is 0.686. The van der Waals surface area contributed by atoms with Gasteiger partial charge < -0.3 is 9.80 Å². The molecule has 3 rings (SSSR count). The molecular weight excluding hydrogens is 274 g/mol. The van der Waals surface area contributed by atoms with Crippen LogP contribution in [0.3, 0.4) is 0 Å². The summed E-state index contributed by atoms with van der Waals surface area (Å²) >= 11 is 6.21. The molecule has 0 atom stereocenters. The number of aromatic nitrogens is 1. The molecule has 0 radical (unpaired) electrons. The zero-order chi connectivity index (χ0) is 13.9. The number of carbonyl (C=O) groups is 1. The SMILES string of the molecule is O=C(C1CCC1)N1CCCN(c2ccncc2Cl)CC1. The maximum atomic E-state index is 12.3. The minimum absolute atomic E-state index is 0.297. The maximum absolute atomic E-state index is 12.3. The molecule has 1 aromatic rings. The van der Waals surface area contributed by atoms with Crippen LogP contribution in [0.25, 0.3) is 0 Å². The van der Waals surface area contributed by atoms with Crippen LogP contribution in [0.15, 0.2) is 18.5 Å². The lowest BCUT2D eigenvalue weighted by atomic mass is 9.84. The number of hydrogen-bond donors (Lipinski definition) is 0. The molecule has 1 saturated heterocycles. The predicted octanol–water partition coefficient (Wildman–Crippen LogP) is 2.57. The highest BCUT2D eigenvalue weighted by molar-refractivity contribution is 6.33. The van der Waals surface area contributed by atoms with E-state index in [0.29, 0.717) is 16.8 Å². The second kappa shape index (κ2) is 6.00. The lowest BCUT2D eigenvalue weighted by molar-refractivity contribution is -0.137. The number of halogens is 1. The molecule has 1 aliphatic heterocycles. The maximum Gasteiger partial charge on any atom is 0.225 e. The van der Waals surface area contributed by atoms with E-state index in [1.807, 2.05) is 11.0 Å². The van der Waals surface area contributed by atoms with Gasteiger partial charge in [-0.15, -0.1) is 0 Å². The van der Waals surface area contributed by atoms with E-state index < -0.39 is 0 Å². The second-order valence-corrected chi connectivity index (χ2v) is 6.03. The fourth-order valence-corrected chi connectivity index (χ4v) is 3.16. The topological polar surface area (TPSA) is 36.4 Å². The molecule has 2 fully saturated rings. The van der Waals surface area contributed by atoms with Crippen molar-refractivity contribution in [2.75, 3.05) is 31.1 Å². The summed E-state index contributed by atoms with van der Waals surface area (Å²) in [7, 11) is 0. The van der Waals surface area contributed by atoms with Crippen LogP contribution in [-0.2, 0) is 4.79 Å². The third-order valence-corrected chi connectivity index (χ3v) is 4.64. The van der Waals surface area contributed by atoms with Crippen LogP contribution < -0.4 is 4.90 Å². The largest absolute Gasteiger partial charge is 0.368 e. The molecule has 5 heteroatoms. The summed E-state index contributed by atoms with van der Waals surface area (Å²) in [6.07, 6.45) is 7.81. The Morgan fingerprint density at radius 2 is 2.05 bits per heavy atom. The van der Waals surface area contributed by atoms with Gasteiger partial charge in [-0.25, -0.2) is 0 Å². The molecule has 0 aromatic carbocycles. The molecule has 0 spiro atoms. The first-order chi connectivity index (χ1) is 9.75. The van der Waals surface area contributed by atoms with Crippen LogP contribution in [-0.4, -0.2) is 42.0 Å². The number of pyridine rings is 1. The summed E-state index contributed by atoms with van der Waals surface area (Å²) < 4.78 is 0. The lowest BCUT2D eigenvalue weighted by Crippen LogP contribution is -2.41. The quantitative estimate of drug-likeness (QED) is 0.841. The summed E-state index contributed by atoms with van der Waals surface area (Å²) in [5.74, 6) is 0.657. The fraction of sp³-hybridized carbons (Fsp3) is 0.600. The lowest BCUT2D eigenvalue weighted by Gasteiger charge is -2.31. The molecule has 0 N–H and O–H groups in total. The van der Waals surface area contributed by atoms with Gasteiger partial charge in [0.15, 0.2) is 0 Å². The molecular formula is C15H20ClN3O. The van der Waals surface area contributed by atoms with Gasteiger partial charge >= 0.3 is 0 Å². The van der Waals surface area contributed by atoms with E-state index in [1.165, 1.54) is 6.42 Å².